The summed E-state index contributed by atoms with van der Waals surface area (Å²) in [7, 11) is 1.74. The highest BCUT2D eigenvalue weighted by atomic mass is 16.2. The Morgan fingerprint density at radius 3 is 2.29 bits per heavy atom. The largest absolute Gasteiger partial charge is 0.327 e. The third kappa shape index (κ3) is 2.83. The van der Waals surface area contributed by atoms with Crippen LogP contribution in [0.3, 0.4) is 0 Å². The molecule has 1 heterocycles. The number of urea groups is 1. The Hall–Kier alpha value is -1.39. The van der Waals surface area contributed by atoms with E-state index in [0.29, 0.717) is 5.92 Å². The predicted molar refractivity (Wildman–Crippen MR) is 79.7 cm³/mol. The molecule has 1 saturated heterocycles. The van der Waals surface area contributed by atoms with Crippen molar-refractivity contribution in [3.8, 4) is 0 Å². The van der Waals surface area contributed by atoms with Crippen LogP contribution in [0.4, 0.5) is 4.79 Å². The molecule has 0 aromatic carbocycles. The average Bonchev–Trinajstić information content (AvgIpc) is 2.70. The lowest BCUT2D eigenvalue weighted by Gasteiger charge is -2.34. The van der Waals surface area contributed by atoms with Gasteiger partial charge in [0.2, 0.25) is 5.91 Å². The van der Waals surface area contributed by atoms with Crippen molar-refractivity contribution in [2.45, 2.75) is 65.0 Å². The molecule has 118 valence electrons. The molecule has 3 amide bonds. The van der Waals surface area contributed by atoms with Gasteiger partial charge in [-0.25, -0.2) is 4.79 Å². The van der Waals surface area contributed by atoms with Crippen LogP contribution in [0.5, 0.6) is 0 Å². The number of nitrogens with zero attached hydrogens (tertiary/aromatic N) is 2. The first-order chi connectivity index (χ1) is 9.86. The van der Waals surface area contributed by atoms with Crippen molar-refractivity contribution >= 4 is 17.7 Å². The van der Waals surface area contributed by atoms with Crippen molar-refractivity contribution in [3.05, 3.63) is 0 Å². The van der Waals surface area contributed by atoms with Crippen molar-refractivity contribution in [2.75, 3.05) is 7.05 Å². The summed E-state index contributed by atoms with van der Waals surface area (Å²) < 4.78 is 0. The number of hydrogen-bond donors (Lipinski definition) is 0. The van der Waals surface area contributed by atoms with E-state index in [1.165, 1.54) is 18.2 Å². The lowest BCUT2D eigenvalue weighted by molar-refractivity contribution is -0.139. The summed E-state index contributed by atoms with van der Waals surface area (Å²) in [5.41, 5.74) is 0. The maximum absolute atomic E-state index is 12.6. The molecule has 2 fully saturated rings. The lowest BCUT2D eigenvalue weighted by atomic mass is 9.81. The second-order valence-corrected chi connectivity index (χ2v) is 6.56. The summed E-state index contributed by atoms with van der Waals surface area (Å²) in [5, 5.41) is 0. The first-order valence-electron chi connectivity index (χ1n) is 7.96. The van der Waals surface area contributed by atoms with Crippen molar-refractivity contribution < 1.29 is 14.4 Å². The fraction of sp³-hybridized carbons (Fsp3) is 0.812. The minimum absolute atomic E-state index is 0.0173. The second kappa shape index (κ2) is 6.16. The van der Waals surface area contributed by atoms with E-state index in [1.54, 1.807) is 18.9 Å². The van der Waals surface area contributed by atoms with Gasteiger partial charge in [0.25, 0.3) is 0 Å². The highest BCUT2D eigenvalue weighted by molar-refractivity contribution is 6.06. The first-order valence-corrected chi connectivity index (χ1v) is 7.96. The van der Waals surface area contributed by atoms with Gasteiger partial charge in [-0.1, -0.05) is 19.3 Å². The standard InChI is InChI=1S/C16H26N2O3/c1-10(12(3)19)15(20)18-14(11(2)17(4)16(18)21)13-8-6-5-7-9-13/h10-11,13-14H,5-9H2,1-4H3/t10-,11-,14-/m0/s1. The Morgan fingerprint density at radius 1 is 1.19 bits per heavy atom. The lowest BCUT2D eigenvalue weighted by Crippen LogP contribution is -2.48. The Balaban J connectivity index is 2.27. The third-order valence-electron chi connectivity index (χ3n) is 5.26. The zero-order valence-electron chi connectivity index (χ0n) is 13.5. The van der Waals surface area contributed by atoms with Crippen LogP contribution in [0, 0.1) is 11.8 Å². The van der Waals surface area contributed by atoms with E-state index in [0.717, 1.165) is 25.7 Å². The monoisotopic (exact) mass is 294 g/mol. The number of Topliss-reactive ketones (excluding diaryl/α,β-unsaturated/α-hetero) is 1. The van der Waals surface area contributed by atoms with Gasteiger partial charge in [0.05, 0.1) is 18.0 Å². The maximum atomic E-state index is 12.6. The summed E-state index contributed by atoms with van der Waals surface area (Å²) in [6, 6.07) is -0.322. The highest BCUT2D eigenvalue weighted by Crippen LogP contribution is 2.36. The van der Waals surface area contributed by atoms with Crippen LogP contribution in [-0.4, -0.2) is 46.7 Å². The Labute approximate surface area is 126 Å². The zero-order chi connectivity index (χ0) is 15.7. The van der Waals surface area contributed by atoms with Crippen molar-refractivity contribution in [2.24, 2.45) is 11.8 Å². The van der Waals surface area contributed by atoms with E-state index < -0.39 is 5.92 Å². The molecule has 5 nitrogen and oxygen atoms in total. The first kappa shape index (κ1) is 16.0. The minimum Gasteiger partial charge on any atom is -0.323 e. The van der Waals surface area contributed by atoms with E-state index in [2.05, 4.69) is 0 Å². The van der Waals surface area contributed by atoms with Gasteiger partial charge in [0.15, 0.2) is 0 Å². The Morgan fingerprint density at radius 2 is 1.76 bits per heavy atom. The number of hydrogen-bond acceptors (Lipinski definition) is 3. The molecule has 21 heavy (non-hydrogen) atoms. The van der Waals surface area contributed by atoms with Crippen LogP contribution in [0.25, 0.3) is 0 Å². The smallest absolute Gasteiger partial charge is 0.323 e. The number of amides is 3. The van der Waals surface area contributed by atoms with Gasteiger partial charge in [-0.2, -0.15) is 0 Å². The molecule has 1 aliphatic carbocycles. The Bertz CT molecular complexity index is 443. The van der Waals surface area contributed by atoms with E-state index in [1.807, 2.05) is 6.92 Å². The highest BCUT2D eigenvalue weighted by Gasteiger charge is 2.49. The Kier molecular flexibility index (Phi) is 4.69. The molecular formula is C16H26N2O3. The molecule has 0 aromatic rings. The molecule has 3 atom stereocenters. The topological polar surface area (TPSA) is 57.7 Å². The van der Waals surface area contributed by atoms with Gasteiger partial charge in [-0.3, -0.25) is 14.5 Å². The van der Waals surface area contributed by atoms with Crippen LogP contribution in [0.1, 0.15) is 52.9 Å². The molecule has 0 spiro atoms. The molecule has 0 aromatic heterocycles. The molecule has 2 aliphatic rings. The maximum Gasteiger partial charge on any atom is 0.327 e. The van der Waals surface area contributed by atoms with Crippen molar-refractivity contribution in [3.63, 3.8) is 0 Å². The molecule has 2 rings (SSSR count). The SMILES string of the molecule is CC(=O)[C@H](C)C(=O)N1C(=O)N(C)[C@@H](C)[C@H]1C1CCCCC1. The minimum atomic E-state index is -0.737. The number of carbonyl (C=O) groups excluding carboxylic acids is 3. The van der Waals surface area contributed by atoms with Crippen LogP contribution in [0.2, 0.25) is 0 Å². The van der Waals surface area contributed by atoms with Gasteiger partial charge >= 0.3 is 6.03 Å². The van der Waals surface area contributed by atoms with Crippen LogP contribution >= 0.6 is 0 Å². The van der Waals surface area contributed by atoms with Gasteiger partial charge in [-0.05, 0) is 39.5 Å². The summed E-state index contributed by atoms with van der Waals surface area (Å²) >= 11 is 0. The van der Waals surface area contributed by atoms with Gasteiger partial charge in [-0.15, -0.1) is 0 Å². The second-order valence-electron chi connectivity index (χ2n) is 6.56. The average molecular weight is 294 g/mol. The normalized spacial score (nSPS) is 28.9. The molecule has 5 heteroatoms. The number of ketones is 1. The van der Waals surface area contributed by atoms with E-state index in [-0.39, 0.29) is 29.8 Å². The van der Waals surface area contributed by atoms with Crippen LogP contribution < -0.4 is 0 Å². The van der Waals surface area contributed by atoms with Crippen molar-refractivity contribution in [1.29, 1.82) is 0 Å². The van der Waals surface area contributed by atoms with Gasteiger partial charge in [0.1, 0.15) is 5.78 Å². The van der Waals surface area contributed by atoms with Gasteiger partial charge < -0.3 is 4.90 Å². The molecule has 1 aliphatic heterocycles. The third-order valence-corrected chi connectivity index (χ3v) is 5.26. The van der Waals surface area contributed by atoms with Crippen molar-refractivity contribution in [1.82, 2.24) is 9.80 Å². The molecule has 0 unspecified atom stereocenters. The predicted octanol–water partition coefficient (Wildman–Crippen LogP) is 2.44. The quantitative estimate of drug-likeness (QED) is 0.751. The van der Waals surface area contributed by atoms with E-state index >= 15 is 0 Å². The molecule has 0 radical (unpaired) electrons. The summed E-state index contributed by atoms with van der Waals surface area (Å²) in [6.45, 7) is 5.01. The zero-order valence-corrected chi connectivity index (χ0v) is 13.5. The summed E-state index contributed by atoms with van der Waals surface area (Å²) in [6.07, 6.45) is 5.69. The number of likely N-dealkylation sites (N-methyl/N-ethyl adjacent to an activating group) is 1. The number of carbonyl (C=O) groups is 3. The summed E-state index contributed by atoms with van der Waals surface area (Å²) in [4.78, 5) is 39.6. The molecule has 1 saturated carbocycles. The molecule has 0 bridgehead atoms. The summed E-state index contributed by atoms with van der Waals surface area (Å²) in [5.74, 6) is -0.888. The number of rotatable bonds is 3. The fourth-order valence-electron chi connectivity index (χ4n) is 3.62. The van der Waals surface area contributed by atoms with E-state index in [4.69, 9.17) is 0 Å². The van der Waals surface area contributed by atoms with E-state index in [9.17, 15) is 14.4 Å². The molecule has 0 N–H and O–H groups in total. The van der Waals surface area contributed by atoms with Crippen LogP contribution in [-0.2, 0) is 9.59 Å². The van der Waals surface area contributed by atoms with Gasteiger partial charge in [0, 0.05) is 7.05 Å². The molecular weight excluding hydrogens is 268 g/mol. The fourth-order valence-corrected chi connectivity index (χ4v) is 3.62. The van der Waals surface area contributed by atoms with Crippen LogP contribution in [0.15, 0.2) is 0 Å². The number of imide groups is 1.